The van der Waals surface area contributed by atoms with Crippen LogP contribution in [-0.4, -0.2) is 32.2 Å². The molecule has 1 unspecified atom stereocenters. The van der Waals surface area contributed by atoms with E-state index < -0.39 is 6.61 Å². The van der Waals surface area contributed by atoms with Crippen LogP contribution >= 0.6 is 12.4 Å². The average molecular weight is 412 g/mol. The first-order valence-corrected chi connectivity index (χ1v) is 9.01. The van der Waals surface area contributed by atoms with Gasteiger partial charge in [-0.3, -0.25) is 4.79 Å². The van der Waals surface area contributed by atoms with Crippen molar-refractivity contribution in [2.24, 2.45) is 5.92 Å². The predicted octanol–water partition coefficient (Wildman–Crippen LogP) is 4.18. The molecule has 1 heterocycles. The van der Waals surface area contributed by atoms with Crippen molar-refractivity contribution in [3.8, 4) is 5.75 Å². The molecular weight excluding hydrogens is 388 g/mol. The van der Waals surface area contributed by atoms with Crippen molar-refractivity contribution in [3.63, 3.8) is 0 Å². The zero-order chi connectivity index (χ0) is 19.1. The van der Waals surface area contributed by atoms with E-state index in [2.05, 4.69) is 20.7 Å². The molecular formula is C20H24ClF2N3O2. The van der Waals surface area contributed by atoms with E-state index in [1.807, 2.05) is 12.1 Å². The van der Waals surface area contributed by atoms with Crippen LogP contribution in [0.15, 0.2) is 48.5 Å². The van der Waals surface area contributed by atoms with E-state index in [1.165, 1.54) is 12.1 Å². The molecule has 0 aliphatic carbocycles. The predicted molar refractivity (Wildman–Crippen MR) is 108 cm³/mol. The molecule has 3 N–H and O–H groups in total. The van der Waals surface area contributed by atoms with Gasteiger partial charge in [0.15, 0.2) is 0 Å². The van der Waals surface area contributed by atoms with Crippen molar-refractivity contribution in [2.45, 2.75) is 19.5 Å². The van der Waals surface area contributed by atoms with E-state index in [4.69, 9.17) is 0 Å². The van der Waals surface area contributed by atoms with E-state index in [1.54, 1.807) is 24.3 Å². The number of para-hydroxylation sites is 1. The lowest BCUT2D eigenvalue weighted by Gasteiger charge is -2.23. The van der Waals surface area contributed by atoms with Gasteiger partial charge in [-0.25, -0.2) is 0 Å². The molecule has 1 amide bonds. The van der Waals surface area contributed by atoms with Crippen LogP contribution in [0.4, 0.5) is 20.2 Å². The van der Waals surface area contributed by atoms with E-state index in [9.17, 15) is 13.6 Å². The fourth-order valence-electron chi connectivity index (χ4n) is 3.10. The van der Waals surface area contributed by atoms with Gasteiger partial charge in [0.1, 0.15) is 5.75 Å². The number of rotatable bonds is 7. The summed E-state index contributed by atoms with van der Waals surface area (Å²) in [5.74, 6) is 0.397. The second-order valence-electron chi connectivity index (χ2n) is 6.50. The molecule has 152 valence electrons. The molecule has 8 heteroatoms. The third-order valence-electron chi connectivity index (χ3n) is 4.48. The first-order valence-electron chi connectivity index (χ1n) is 9.01. The summed E-state index contributed by atoms with van der Waals surface area (Å²) in [5.41, 5.74) is 1.86. The lowest BCUT2D eigenvalue weighted by molar-refractivity contribution is -0.0498. The molecule has 5 nitrogen and oxygen atoms in total. The molecule has 28 heavy (non-hydrogen) atoms. The highest BCUT2D eigenvalue weighted by Gasteiger charge is 2.16. The second kappa shape index (κ2) is 10.8. The molecule has 0 saturated carbocycles. The molecule has 0 aromatic heterocycles. The van der Waals surface area contributed by atoms with Crippen LogP contribution < -0.4 is 20.7 Å². The Labute approximate surface area is 169 Å². The molecule has 1 aliphatic rings. The van der Waals surface area contributed by atoms with E-state index in [-0.39, 0.29) is 24.1 Å². The van der Waals surface area contributed by atoms with Gasteiger partial charge in [0, 0.05) is 12.2 Å². The van der Waals surface area contributed by atoms with Gasteiger partial charge in [-0.15, -0.1) is 12.4 Å². The monoisotopic (exact) mass is 411 g/mol. The molecule has 0 radical (unpaired) electrons. The van der Waals surface area contributed by atoms with Crippen LogP contribution in [0.25, 0.3) is 0 Å². The smallest absolute Gasteiger partial charge is 0.387 e. The van der Waals surface area contributed by atoms with Crippen LogP contribution in [0.5, 0.6) is 5.75 Å². The zero-order valence-corrected chi connectivity index (χ0v) is 16.1. The van der Waals surface area contributed by atoms with Gasteiger partial charge in [-0.05, 0) is 68.2 Å². The van der Waals surface area contributed by atoms with Gasteiger partial charge >= 0.3 is 6.61 Å². The van der Waals surface area contributed by atoms with Gasteiger partial charge in [0.25, 0.3) is 5.91 Å². The summed E-state index contributed by atoms with van der Waals surface area (Å²) in [6, 6.07) is 13.4. The van der Waals surface area contributed by atoms with Crippen LogP contribution in [0, 0.1) is 5.92 Å². The Morgan fingerprint density at radius 1 is 1.18 bits per heavy atom. The summed E-state index contributed by atoms with van der Waals surface area (Å²) < 4.78 is 28.8. The number of piperidine rings is 1. The standard InChI is InChI=1S/C20H23F2N3O2.ClH/c21-20(22)27-16-9-7-15(8-10-16)25-18-6-2-1-5-17(18)19(26)24-13-14-4-3-11-23-12-14;/h1-2,5-10,14,20,23,25H,3-4,11-13H2,(H,24,26);1H. The van der Waals surface area contributed by atoms with Crippen molar-refractivity contribution in [1.29, 1.82) is 0 Å². The number of carbonyl (C=O) groups excluding carboxylic acids is 1. The van der Waals surface area contributed by atoms with E-state index in [0.29, 0.717) is 29.4 Å². The van der Waals surface area contributed by atoms with Crippen molar-refractivity contribution >= 4 is 29.7 Å². The van der Waals surface area contributed by atoms with E-state index in [0.717, 1.165) is 25.9 Å². The lowest BCUT2D eigenvalue weighted by Crippen LogP contribution is -2.38. The van der Waals surface area contributed by atoms with Gasteiger partial charge in [0.05, 0.1) is 11.3 Å². The highest BCUT2D eigenvalue weighted by atomic mass is 35.5. The third kappa shape index (κ3) is 6.35. The van der Waals surface area contributed by atoms with Crippen LogP contribution in [-0.2, 0) is 0 Å². The summed E-state index contributed by atoms with van der Waals surface area (Å²) in [7, 11) is 0. The highest BCUT2D eigenvalue weighted by Crippen LogP contribution is 2.24. The van der Waals surface area contributed by atoms with Crippen molar-refractivity contribution in [2.75, 3.05) is 25.0 Å². The largest absolute Gasteiger partial charge is 0.435 e. The molecule has 1 aliphatic heterocycles. The minimum Gasteiger partial charge on any atom is -0.435 e. The molecule has 1 atom stereocenters. The Morgan fingerprint density at radius 3 is 2.61 bits per heavy atom. The first-order chi connectivity index (χ1) is 13.1. The van der Waals surface area contributed by atoms with Gasteiger partial charge in [-0.2, -0.15) is 8.78 Å². The average Bonchev–Trinajstić information content (AvgIpc) is 2.68. The Balaban J connectivity index is 0.00000280. The van der Waals surface area contributed by atoms with Crippen LogP contribution in [0.3, 0.4) is 0 Å². The van der Waals surface area contributed by atoms with Gasteiger partial charge < -0.3 is 20.7 Å². The van der Waals surface area contributed by atoms with Crippen molar-refractivity contribution in [1.82, 2.24) is 10.6 Å². The number of hydrogen-bond acceptors (Lipinski definition) is 4. The fourth-order valence-corrected chi connectivity index (χ4v) is 3.10. The molecule has 2 aromatic rings. The Kier molecular flexibility index (Phi) is 8.47. The summed E-state index contributed by atoms with van der Waals surface area (Å²) in [4.78, 5) is 12.6. The summed E-state index contributed by atoms with van der Waals surface area (Å²) >= 11 is 0. The molecule has 0 bridgehead atoms. The molecule has 2 aromatic carbocycles. The zero-order valence-electron chi connectivity index (χ0n) is 15.3. The number of halogens is 3. The number of ether oxygens (including phenoxy) is 1. The SMILES string of the molecule is Cl.O=C(NCC1CCCNC1)c1ccccc1Nc1ccc(OC(F)F)cc1. The Bertz CT molecular complexity index is 753. The highest BCUT2D eigenvalue weighted by molar-refractivity contribution is 6.00. The Hall–Kier alpha value is -2.38. The number of nitrogens with one attached hydrogen (secondary N) is 3. The van der Waals surface area contributed by atoms with Crippen molar-refractivity contribution in [3.05, 3.63) is 54.1 Å². The maximum atomic E-state index is 12.6. The number of hydrogen-bond donors (Lipinski definition) is 3. The van der Waals surface area contributed by atoms with Crippen LogP contribution in [0.1, 0.15) is 23.2 Å². The van der Waals surface area contributed by atoms with Gasteiger partial charge in [0.2, 0.25) is 0 Å². The first kappa shape index (κ1) is 21.9. The maximum absolute atomic E-state index is 12.6. The normalized spacial score (nSPS) is 16.2. The number of amides is 1. The van der Waals surface area contributed by atoms with Crippen LogP contribution in [0.2, 0.25) is 0 Å². The molecule has 0 spiro atoms. The molecule has 3 rings (SSSR count). The minimum absolute atomic E-state index is 0. The van der Waals surface area contributed by atoms with Gasteiger partial charge in [-0.1, -0.05) is 12.1 Å². The number of benzene rings is 2. The summed E-state index contributed by atoms with van der Waals surface area (Å²) in [6.07, 6.45) is 2.24. The molecule has 1 saturated heterocycles. The molecule has 1 fully saturated rings. The quantitative estimate of drug-likeness (QED) is 0.639. The summed E-state index contributed by atoms with van der Waals surface area (Å²) in [6.45, 7) is -0.252. The maximum Gasteiger partial charge on any atom is 0.387 e. The Morgan fingerprint density at radius 2 is 1.93 bits per heavy atom. The third-order valence-corrected chi connectivity index (χ3v) is 4.48. The number of anilines is 2. The second-order valence-corrected chi connectivity index (χ2v) is 6.50. The van der Waals surface area contributed by atoms with Crippen molar-refractivity contribution < 1.29 is 18.3 Å². The number of carbonyl (C=O) groups is 1. The number of alkyl halides is 2. The van der Waals surface area contributed by atoms with E-state index >= 15 is 0 Å². The lowest BCUT2D eigenvalue weighted by atomic mass is 9.99. The fraction of sp³-hybridized carbons (Fsp3) is 0.350. The summed E-state index contributed by atoms with van der Waals surface area (Å²) in [5, 5.41) is 9.50. The topological polar surface area (TPSA) is 62.4 Å². The minimum atomic E-state index is -2.85.